The molecule has 0 aliphatic rings. The van der Waals surface area contributed by atoms with Crippen molar-refractivity contribution in [3.8, 4) is 0 Å². The van der Waals surface area contributed by atoms with Crippen molar-refractivity contribution in [2.75, 3.05) is 5.32 Å². The van der Waals surface area contributed by atoms with Crippen LogP contribution in [-0.4, -0.2) is 16.9 Å². The SMILES string of the molecule is CC(C)NC(=O)c1ccc(NCc2ccc(Br)cn2)cc1. The maximum Gasteiger partial charge on any atom is 0.251 e. The molecular weight excluding hydrogens is 330 g/mol. The smallest absolute Gasteiger partial charge is 0.251 e. The lowest BCUT2D eigenvalue weighted by atomic mass is 10.2. The number of anilines is 1. The van der Waals surface area contributed by atoms with Crippen LogP contribution in [0.15, 0.2) is 47.1 Å². The van der Waals surface area contributed by atoms with E-state index < -0.39 is 0 Å². The Kier molecular flexibility index (Phi) is 5.33. The molecule has 1 heterocycles. The van der Waals surface area contributed by atoms with Gasteiger partial charge in [-0.3, -0.25) is 9.78 Å². The van der Waals surface area contributed by atoms with Crippen molar-refractivity contribution in [3.05, 3.63) is 58.3 Å². The molecule has 0 unspecified atom stereocenters. The van der Waals surface area contributed by atoms with Gasteiger partial charge in [0, 0.05) is 28.0 Å². The summed E-state index contributed by atoms with van der Waals surface area (Å²) in [4.78, 5) is 16.1. The molecule has 0 fully saturated rings. The van der Waals surface area contributed by atoms with Crippen molar-refractivity contribution in [2.45, 2.75) is 26.4 Å². The van der Waals surface area contributed by atoms with Gasteiger partial charge in [0.2, 0.25) is 0 Å². The van der Waals surface area contributed by atoms with Gasteiger partial charge < -0.3 is 10.6 Å². The van der Waals surface area contributed by atoms with Gasteiger partial charge in [0.25, 0.3) is 5.91 Å². The van der Waals surface area contributed by atoms with E-state index in [1.54, 1.807) is 6.20 Å². The van der Waals surface area contributed by atoms with Crippen molar-refractivity contribution in [2.24, 2.45) is 0 Å². The van der Waals surface area contributed by atoms with E-state index >= 15 is 0 Å². The predicted molar refractivity (Wildman–Crippen MR) is 88.3 cm³/mol. The van der Waals surface area contributed by atoms with Gasteiger partial charge in [0.1, 0.15) is 0 Å². The number of hydrogen-bond acceptors (Lipinski definition) is 3. The van der Waals surface area contributed by atoms with E-state index in [1.807, 2.05) is 50.2 Å². The molecule has 4 nitrogen and oxygen atoms in total. The summed E-state index contributed by atoms with van der Waals surface area (Å²) in [6.45, 7) is 4.53. The monoisotopic (exact) mass is 347 g/mol. The number of halogens is 1. The second kappa shape index (κ2) is 7.22. The molecular formula is C16H18BrN3O. The van der Waals surface area contributed by atoms with Gasteiger partial charge in [-0.15, -0.1) is 0 Å². The first-order chi connectivity index (χ1) is 10.0. The Morgan fingerprint density at radius 1 is 1.19 bits per heavy atom. The molecule has 0 aliphatic carbocycles. The third-order valence-electron chi connectivity index (χ3n) is 2.83. The normalized spacial score (nSPS) is 10.5. The molecule has 1 aromatic heterocycles. The molecule has 0 spiro atoms. The predicted octanol–water partition coefficient (Wildman–Crippen LogP) is 3.59. The minimum atomic E-state index is -0.0499. The first-order valence-electron chi connectivity index (χ1n) is 6.80. The minimum absolute atomic E-state index is 0.0499. The first kappa shape index (κ1) is 15.5. The fourth-order valence-electron chi connectivity index (χ4n) is 1.79. The molecule has 5 heteroatoms. The highest BCUT2D eigenvalue weighted by Crippen LogP contribution is 2.12. The first-order valence-corrected chi connectivity index (χ1v) is 7.59. The summed E-state index contributed by atoms with van der Waals surface area (Å²) in [5.74, 6) is -0.0499. The van der Waals surface area contributed by atoms with E-state index in [0.29, 0.717) is 12.1 Å². The Hall–Kier alpha value is -1.88. The maximum absolute atomic E-state index is 11.8. The standard InChI is InChI=1S/C16H18BrN3O/c1-11(2)20-16(21)12-3-6-14(7-4-12)19-10-15-8-5-13(17)9-18-15/h3-9,11,19H,10H2,1-2H3,(H,20,21). The highest BCUT2D eigenvalue weighted by Gasteiger charge is 2.06. The molecule has 0 aliphatic heterocycles. The lowest BCUT2D eigenvalue weighted by molar-refractivity contribution is 0.0943. The van der Waals surface area contributed by atoms with Gasteiger partial charge in [0.15, 0.2) is 0 Å². The number of amides is 1. The fourth-order valence-corrected chi connectivity index (χ4v) is 2.02. The number of hydrogen-bond donors (Lipinski definition) is 2. The van der Waals surface area contributed by atoms with Crippen LogP contribution < -0.4 is 10.6 Å². The maximum atomic E-state index is 11.8. The molecule has 0 saturated carbocycles. The zero-order valence-corrected chi connectivity index (χ0v) is 13.6. The van der Waals surface area contributed by atoms with Crippen LogP contribution in [0.1, 0.15) is 29.9 Å². The van der Waals surface area contributed by atoms with Crippen molar-refractivity contribution in [1.29, 1.82) is 0 Å². The molecule has 0 atom stereocenters. The third kappa shape index (κ3) is 4.86. The van der Waals surface area contributed by atoms with Gasteiger partial charge in [0.05, 0.1) is 12.2 Å². The molecule has 2 aromatic rings. The molecule has 21 heavy (non-hydrogen) atoms. The molecule has 0 bridgehead atoms. The van der Waals surface area contributed by atoms with Crippen molar-refractivity contribution in [3.63, 3.8) is 0 Å². The topological polar surface area (TPSA) is 54.0 Å². The van der Waals surface area contributed by atoms with Gasteiger partial charge >= 0.3 is 0 Å². The van der Waals surface area contributed by atoms with Gasteiger partial charge in [-0.25, -0.2) is 0 Å². The van der Waals surface area contributed by atoms with Crippen molar-refractivity contribution < 1.29 is 4.79 Å². The summed E-state index contributed by atoms with van der Waals surface area (Å²) in [5, 5.41) is 6.15. The average Bonchev–Trinajstić information content (AvgIpc) is 2.46. The molecule has 1 aromatic carbocycles. The zero-order chi connectivity index (χ0) is 15.2. The number of aromatic nitrogens is 1. The van der Waals surface area contributed by atoms with E-state index in [4.69, 9.17) is 0 Å². The minimum Gasteiger partial charge on any atom is -0.379 e. The Morgan fingerprint density at radius 3 is 2.48 bits per heavy atom. The highest BCUT2D eigenvalue weighted by atomic mass is 79.9. The van der Waals surface area contributed by atoms with E-state index in [9.17, 15) is 4.79 Å². The largest absolute Gasteiger partial charge is 0.379 e. The number of pyridine rings is 1. The molecule has 2 rings (SSSR count). The molecule has 0 saturated heterocycles. The summed E-state index contributed by atoms with van der Waals surface area (Å²) < 4.78 is 0.965. The van der Waals surface area contributed by atoms with Crippen LogP contribution in [0, 0.1) is 0 Å². The van der Waals surface area contributed by atoms with Crippen LogP contribution in [0.2, 0.25) is 0 Å². The van der Waals surface area contributed by atoms with Crippen LogP contribution in [0.25, 0.3) is 0 Å². The number of carbonyl (C=O) groups is 1. The van der Waals surface area contributed by atoms with Crippen LogP contribution in [-0.2, 0) is 6.54 Å². The van der Waals surface area contributed by atoms with E-state index in [0.717, 1.165) is 15.9 Å². The van der Waals surface area contributed by atoms with Crippen molar-refractivity contribution in [1.82, 2.24) is 10.3 Å². The number of nitrogens with one attached hydrogen (secondary N) is 2. The molecule has 0 radical (unpaired) electrons. The Labute approximate surface area is 133 Å². The Morgan fingerprint density at radius 2 is 1.90 bits per heavy atom. The lowest BCUT2D eigenvalue weighted by Gasteiger charge is -2.10. The van der Waals surface area contributed by atoms with Crippen LogP contribution in [0.3, 0.4) is 0 Å². The summed E-state index contributed by atoms with van der Waals surface area (Å²) in [5.41, 5.74) is 2.58. The van der Waals surface area contributed by atoms with E-state index in [1.165, 1.54) is 0 Å². The van der Waals surface area contributed by atoms with Crippen LogP contribution in [0.4, 0.5) is 5.69 Å². The second-order valence-electron chi connectivity index (χ2n) is 5.03. The molecule has 2 N–H and O–H groups in total. The third-order valence-corrected chi connectivity index (χ3v) is 3.30. The van der Waals surface area contributed by atoms with Gasteiger partial charge in [-0.2, -0.15) is 0 Å². The Bertz CT molecular complexity index is 594. The van der Waals surface area contributed by atoms with Gasteiger partial charge in [-0.05, 0) is 66.2 Å². The summed E-state index contributed by atoms with van der Waals surface area (Å²) in [7, 11) is 0. The summed E-state index contributed by atoms with van der Waals surface area (Å²) in [6.07, 6.45) is 1.77. The van der Waals surface area contributed by atoms with Crippen LogP contribution >= 0.6 is 15.9 Å². The van der Waals surface area contributed by atoms with E-state index in [2.05, 4.69) is 31.5 Å². The lowest BCUT2D eigenvalue weighted by Crippen LogP contribution is -2.29. The van der Waals surface area contributed by atoms with Crippen molar-refractivity contribution >= 4 is 27.5 Å². The van der Waals surface area contributed by atoms with Crippen LogP contribution in [0.5, 0.6) is 0 Å². The zero-order valence-electron chi connectivity index (χ0n) is 12.1. The number of carbonyl (C=O) groups excluding carboxylic acids is 1. The molecule has 1 amide bonds. The Balaban J connectivity index is 1.93. The highest BCUT2D eigenvalue weighted by molar-refractivity contribution is 9.10. The number of nitrogens with zero attached hydrogens (tertiary/aromatic N) is 1. The summed E-state index contributed by atoms with van der Waals surface area (Å²) in [6, 6.07) is 11.5. The number of benzene rings is 1. The summed E-state index contributed by atoms with van der Waals surface area (Å²) >= 11 is 3.36. The van der Waals surface area contributed by atoms with E-state index in [-0.39, 0.29) is 11.9 Å². The second-order valence-corrected chi connectivity index (χ2v) is 5.94. The number of rotatable bonds is 5. The van der Waals surface area contributed by atoms with Gasteiger partial charge in [-0.1, -0.05) is 0 Å². The fraction of sp³-hybridized carbons (Fsp3) is 0.250. The average molecular weight is 348 g/mol. The quantitative estimate of drug-likeness (QED) is 0.868. The molecule has 110 valence electrons.